The van der Waals surface area contributed by atoms with Gasteiger partial charge < -0.3 is 8.98 Å². The third-order valence-electron chi connectivity index (χ3n) is 10.5. The molecule has 0 aliphatic rings. The van der Waals surface area contributed by atoms with Crippen molar-refractivity contribution in [3.63, 3.8) is 0 Å². The molecule has 0 spiro atoms. The van der Waals surface area contributed by atoms with Gasteiger partial charge in [0.05, 0.1) is 11.0 Å². The summed E-state index contributed by atoms with van der Waals surface area (Å²) in [6.07, 6.45) is 3.43. The third kappa shape index (κ3) is 5.53. The number of nitrogens with zero attached hydrogens (tertiary/aromatic N) is 4. The predicted octanol–water partition coefficient (Wildman–Crippen LogP) is 12.9. The van der Waals surface area contributed by atoms with Crippen molar-refractivity contribution >= 4 is 43.7 Å². The van der Waals surface area contributed by atoms with E-state index in [1.165, 1.54) is 29.2 Å². The molecule has 0 bridgehead atoms. The van der Waals surface area contributed by atoms with E-state index >= 15 is 0 Å². The molecule has 258 valence electrons. The van der Waals surface area contributed by atoms with Crippen molar-refractivity contribution < 1.29 is 4.42 Å². The van der Waals surface area contributed by atoms with Gasteiger partial charge in [0, 0.05) is 49.5 Å². The van der Waals surface area contributed by atoms with Gasteiger partial charge in [-0.2, -0.15) is 0 Å². The zero-order valence-corrected chi connectivity index (χ0v) is 29.9. The van der Waals surface area contributed by atoms with E-state index in [4.69, 9.17) is 19.4 Å². The van der Waals surface area contributed by atoms with Crippen LogP contribution in [0.5, 0.6) is 0 Å². The maximum absolute atomic E-state index is 6.42. The standard InChI is InChI=1S/C49H36N4O/c1-2-3-12-32-21-23-34(24-22-32)48-50-47(33-13-5-4-6-14-33)51-49(52-48)35-25-28-37(29-26-35)53-43-19-9-7-15-39(43)42-31-36(27-30-44(42)53)38-17-11-18-41-40-16-8-10-20-45(40)54-46(38)41/h4-11,13-31H,2-3,12H2,1H3. The molecular formula is C49H36N4O. The summed E-state index contributed by atoms with van der Waals surface area (Å²) in [5, 5.41) is 4.66. The number of hydrogen-bond acceptors (Lipinski definition) is 4. The number of benzene rings is 7. The molecule has 0 fully saturated rings. The Labute approximate surface area is 313 Å². The predicted molar refractivity (Wildman–Crippen MR) is 222 cm³/mol. The van der Waals surface area contributed by atoms with Crippen molar-refractivity contribution in [2.75, 3.05) is 0 Å². The van der Waals surface area contributed by atoms with E-state index in [1.807, 2.05) is 42.5 Å². The molecule has 0 unspecified atom stereocenters. The first kappa shape index (κ1) is 31.9. The molecule has 54 heavy (non-hydrogen) atoms. The Bertz CT molecular complexity index is 2960. The molecule has 0 aliphatic heterocycles. The largest absolute Gasteiger partial charge is 0.455 e. The SMILES string of the molecule is CCCCc1ccc(-c2nc(-c3ccccc3)nc(-c3ccc(-n4c5ccccc5c5cc(-c6cccc7c6oc6ccccc67)ccc54)cc3)n2)cc1. The Hall–Kier alpha value is -6.85. The number of rotatable bonds is 8. The van der Waals surface area contributed by atoms with Crippen LogP contribution in [0.2, 0.25) is 0 Å². The van der Waals surface area contributed by atoms with Crippen molar-refractivity contribution in [2.24, 2.45) is 0 Å². The molecule has 0 aliphatic carbocycles. The van der Waals surface area contributed by atoms with Crippen LogP contribution in [0.3, 0.4) is 0 Å². The lowest BCUT2D eigenvalue weighted by molar-refractivity contribution is 0.670. The van der Waals surface area contributed by atoms with E-state index in [-0.39, 0.29) is 0 Å². The van der Waals surface area contributed by atoms with Crippen LogP contribution in [0.15, 0.2) is 168 Å². The Balaban J connectivity index is 1.06. The van der Waals surface area contributed by atoms with Gasteiger partial charge in [0.25, 0.3) is 0 Å². The molecule has 0 atom stereocenters. The number of aromatic nitrogens is 4. The molecule has 7 aromatic carbocycles. The molecule has 0 radical (unpaired) electrons. The van der Waals surface area contributed by atoms with E-state index in [0.717, 1.165) is 72.9 Å². The number of aryl methyl sites for hydroxylation is 1. The first-order valence-corrected chi connectivity index (χ1v) is 18.7. The van der Waals surface area contributed by atoms with E-state index in [2.05, 4.69) is 133 Å². The van der Waals surface area contributed by atoms with Crippen molar-refractivity contribution in [1.29, 1.82) is 0 Å². The number of fused-ring (bicyclic) bond motifs is 6. The monoisotopic (exact) mass is 696 g/mol. The van der Waals surface area contributed by atoms with Crippen molar-refractivity contribution in [1.82, 2.24) is 19.5 Å². The average molecular weight is 697 g/mol. The van der Waals surface area contributed by atoms with Crippen molar-refractivity contribution in [3.05, 3.63) is 169 Å². The number of unbranched alkanes of at least 4 members (excludes halogenated alkanes) is 1. The summed E-state index contributed by atoms with van der Waals surface area (Å²) >= 11 is 0. The first-order valence-electron chi connectivity index (χ1n) is 18.7. The second-order valence-corrected chi connectivity index (χ2v) is 13.9. The van der Waals surface area contributed by atoms with Gasteiger partial charge in [-0.3, -0.25) is 0 Å². The summed E-state index contributed by atoms with van der Waals surface area (Å²) in [6.45, 7) is 2.22. The van der Waals surface area contributed by atoms with Gasteiger partial charge >= 0.3 is 0 Å². The highest BCUT2D eigenvalue weighted by molar-refractivity contribution is 6.13. The maximum atomic E-state index is 6.42. The van der Waals surface area contributed by atoms with Crippen LogP contribution in [0, 0.1) is 0 Å². The van der Waals surface area contributed by atoms with Gasteiger partial charge in [-0.15, -0.1) is 0 Å². The van der Waals surface area contributed by atoms with E-state index in [0.29, 0.717) is 17.5 Å². The lowest BCUT2D eigenvalue weighted by Gasteiger charge is -2.11. The van der Waals surface area contributed by atoms with Gasteiger partial charge in [0.1, 0.15) is 11.2 Å². The van der Waals surface area contributed by atoms with Crippen molar-refractivity contribution in [2.45, 2.75) is 26.2 Å². The highest BCUT2D eigenvalue weighted by Gasteiger charge is 2.17. The number of furan rings is 1. The lowest BCUT2D eigenvalue weighted by Crippen LogP contribution is -2.00. The van der Waals surface area contributed by atoms with Gasteiger partial charge in [-0.05, 0) is 72.5 Å². The summed E-state index contributed by atoms with van der Waals surface area (Å²) in [7, 11) is 0. The second kappa shape index (κ2) is 13.3. The van der Waals surface area contributed by atoms with Gasteiger partial charge in [0.15, 0.2) is 17.5 Å². The van der Waals surface area contributed by atoms with Crippen LogP contribution < -0.4 is 0 Å². The minimum Gasteiger partial charge on any atom is -0.455 e. The summed E-state index contributed by atoms with van der Waals surface area (Å²) in [5.41, 5.74) is 11.6. The van der Waals surface area contributed by atoms with E-state index in [9.17, 15) is 0 Å². The van der Waals surface area contributed by atoms with Crippen LogP contribution in [0.4, 0.5) is 0 Å². The van der Waals surface area contributed by atoms with Crippen LogP contribution in [-0.4, -0.2) is 19.5 Å². The Morgan fingerprint density at radius 2 is 1.07 bits per heavy atom. The quantitative estimate of drug-likeness (QED) is 0.159. The van der Waals surface area contributed by atoms with Crippen LogP contribution in [0.25, 0.3) is 94.7 Å². The molecule has 10 rings (SSSR count). The molecular weight excluding hydrogens is 661 g/mol. The fourth-order valence-corrected chi connectivity index (χ4v) is 7.70. The molecule has 10 aromatic rings. The number of hydrogen-bond donors (Lipinski definition) is 0. The molecule has 3 heterocycles. The fraction of sp³-hybridized carbons (Fsp3) is 0.0816. The minimum atomic E-state index is 0.645. The lowest BCUT2D eigenvalue weighted by atomic mass is 10.0. The fourth-order valence-electron chi connectivity index (χ4n) is 7.70. The van der Waals surface area contributed by atoms with Gasteiger partial charge in [-0.1, -0.05) is 129 Å². The minimum absolute atomic E-state index is 0.645. The summed E-state index contributed by atoms with van der Waals surface area (Å²) < 4.78 is 8.76. The smallest absolute Gasteiger partial charge is 0.164 e. The first-order chi connectivity index (χ1) is 26.7. The highest BCUT2D eigenvalue weighted by Crippen LogP contribution is 2.39. The van der Waals surface area contributed by atoms with Crippen LogP contribution in [-0.2, 0) is 6.42 Å². The van der Waals surface area contributed by atoms with E-state index < -0.39 is 0 Å². The maximum Gasteiger partial charge on any atom is 0.164 e. The van der Waals surface area contributed by atoms with Gasteiger partial charge in [-0.25, -0.2) is 15.0 Å². The average Bonchev–Trinajstić information content (AvgIpc) is 3.79. The highest BCUT2D eigenvalue weighted by atomic mass is 16.3. The van der Waals surface area contributed by atoms with Crippen LogP contribution >= 0.6 is 0 Å². The normalized spacial score (nSPS) is 11.6. The molecule has 3 aromatic heterocycles. The van der Waals surface area contributed by atoms with Crippen molar-refractivity contribution in [3.8, 4) is 51.0 Å². The zero-order valence-electron chi connectivity index (χ0n) is 29.9. The number of para-hydroxylation sites is 3. The molecule has 0 N–H and O–H groups in total. The zero-order chi connectivity index (χ0) is 36.0. The van der Waals surface area contributed by atoms with E-state index in [1.54, 1.807) is 0 Å². The molecule has 5 heteroatoms. The molecule has 5 nitrogen and oxygen atoms in total. The molecule has 0 amide bonds. The summed E-state index contributed by atoms with van der Waals surface area (Å²) in [4.78, 5) is 14.9. The van der Waals surface area contributed by atoms with Gasteiger partial charge in [0.2, 0.25) is 0 Å². The van der Waals surface area contributed by atoms with Crippen LogP contribution in [0.1, 0.15) is 25.3 Å². The molecule has 0 saturated carbocycles. The molecule has 0 saturated heterocycles. The Kier molecular flexibility index (Phi) is 7.84. The topological polar surface area (TPSA) is 56.7 Å². The summed E-state index contributed by atoms with van der Waals surface area (Å²) in [5.74, 6) is 1.97. The summed E-state index contributed by atoms with van der Waals surface area (Å²) in [6, 6.07) is 57.4. The third-order valence-corrected chi connectivity index (χ3v) is 10.5. The Morgan fingerprint density at radius 3 is 1.81 bits per heavy atom. The Morgan fingerprint density at radius 1 is 0.481 bits per heavy atom. The second-order valence-electron chi connectivity index (χ2n) is 13.9.